The van der Waals surface area contributed by atoms with E-state index in [2.05, 4.69) is 39.8 Å². The number of nitrogens with one attached hydrogen (secondary N) is 2. The van der Waals surface area contributed by atoms with Gasteiger partial charge in [0.15, 0.2) is 0 Å². The van der Waals surface area contributed by atoms with E-state index in [1.807, 2.05) is 13.8 Å². The Bertz CT molecular complexity index is 408. The fraction of sp³-hybridized carbons (Fsp3) is 0.533. The molecule has 4 nitrogen and oxygen atoms in total. The van der Waals surface area contributed by atoms with Crippen LogP contribution in [0.5, 0.6) is 0 Å². The Balaban J connectivity index is 1.92. The Morgan fingerprint density at radius 1 is 1.26 bits per heavy atom. The molecule has 0 saturated carbocycles. The first-order valence-corrected chi connectivity index (χ1v) is 6.99. The van der Waals surface area contributed by atoms with Gasteiger partial charge in [-0.3, -0.25) is 4.79 Å². The average molecular weight is 261 g/mol. The third-order valence-corrected chi connectivity index (χ3v) is 3.23. The predicted octanol–water partition coefficient (Wildman–Crippen LogP) is 1.16. The summed E-state index contributed by atoms with van der Waals surface area (Å²) < 4.78 is 0. The number of rotatable bonds is 4. The van der Waals surface area contributed by atoms with Gasteiger partial charge in [-0.05, 0) is 31.5 Å². The van der Waals surface area contributed by atoms with Gasteiger partial charge in [0, 0.05) is 37.9 Å². The Morgan fingerprint density at radius 3 is 2.47 bits per heavy atom. The average Bonchev–Trinajstić information content (AvgIpc) is 2.39. The van der Waals surface area contributed by atoms with Gasteiger partial charge in [-0.15, -0.1) is 0 Å². The molecule has 0 radical (unpaired) electrons. The van der Waals surface area contributed by atoms with Crippen LogP contribution in [0.1, 0.15) is 19.4 Å². The third kappa shape index (κ3) is 4.24. The van der Waals surface area contributed by atoms with Crippen molar-refractivity contribution in [1.29, 1.82) is 0 Å². The predicted molar refractivity (Wildman–Crippen MR) is 78.5 cm³/mol. The molecule has 0 aliphatic carbocycles. The van der Waals surface area contributed by atoms with Gasteiger partial charge in [-0.1, -0.05) is 12.1 Å². The van der Waals surface area contributed by atoms with Crippen molar-refractivity contribution in [3.05, 3.63) is 29.8 Å². The highest BCUT2D eigenvalue weighted by molar-refractivity contribution is 5.78. The first kappa shape index (κ1) is 13.9. The lowest BCUT2D eigenvalue weighted by Crippen LogP contribution is -2.43. The molecule has 2 N–H and O–H groups in total. The maximum absolute atomic E-state index is 11.7. The molecule has 1 fully saturated rings. The maximum atomic E-state index is 11.7. The number of hydrogen-bond acceptors (Lipinski definition) is 3. The van der Waals surface area contributed by atoms with E-state index < -0.39 is 0 Å². The Hall–Kier alpha value is -1.55. The molecule has 1 heterocycles. The smallest absolute Gasteiger partial charge is 0.224 e. The zero-order chi connectivity index (χ0) is 13.7. The number of carbonyl (C=O) groups is 1. The van der Waals surface area contributed by atoms with Gasteiger partial charge in [0.25, 0.3) is 0 Å². The van der Waals surface area contributed by atoms with Gasteiger partial charge >= 0.3 is 0 Å². The van der Waals surface area contributed by atoms with E-state index in [0.29, 0.717) is 6.42 Å². The second-order valence-corrected chi connectivity index (χ2v) is 5.30. The van der Waals surface area contributed by atoms with E-state index in [4.69, 9.17) is 0 Å². The lowest BCUT2D eigenvalue weighted by molar-refractivity contribution is -0.120. The molecule has 1 amide bonds. The fourth-order valence-corrected chi connectivity index (χ4v) is 2.31. The van der Waals surface area contributed by atoms with E-state index >= 15 is 0 Å². The number of hydrogen-bond donors (Lipinski definition) is 2. The summed E-state index contributed by atoms with van der Waals surface area (Å²) in [6, 6.07) is 8.54. The van der Waals surface area contributed by atoms with Crippen LogP contribution >= 0.6 is 0 Å². The van der Waals surface area contributed by atoms with Crippen molar-refractivity contribution in [2.75, 3.05) is 31.1 Å². The van der Waals surface area contributed by atoms with Crippen LogP contribution in [0, 0.1) is 0 Å². The molecule has 0 bridgehead atoms. The Morgan fingerprint density at radius 2 is 1.89 bits per heavy atom. The van der Waals surface area contributed by atoms with E-state index in [-0.39, 0.29) is 11.9 Å². The minimum absolute atomic E-state index is 0.0879. The summed E-state index contributed by atoms with van der Waals surface area (Å²) in [4.78, 5) is 14.0. The summed E-state index contributed by atoms with van der Waals surface area (Å²) in [5.74, 6) is 0.0879. The molecule has 4 heteroatoms. The van der Waals surface area contributed by atoms with Gasteiger partial charge in [0.1, 0.15) is 0 Å². The molecule has 0 atom stereocenters. The Labute approximate surface area is 115 Å². The van der Waals surface area contributed by atoms with Crippen molar-refractivity contribution in [2.24, 2.45) is 0 Å². The van der Waals surface area contributed by atoms with E-state index in [0.717, 1.165) is 31.7 Å². The van der Waals surface area contributed by atoms with Crippen molar-refractivity contribution < 1.29 is 4.79 Å². The summed E-state index contributed by atoms with van der Waals surface area (Å²) in [6.07, 6.45) is 0.458. The third-order valence-electron chi connectivity index (χ3n) is 3.23. The number of anilines is 1. The van der Waals surface area contributed by atoms with Crippen LogP contribution in [0.4, 0.5) is 5.69 Å². The molecule has 1 aliphatic rings. The summed E-state index contributed by atoms with van der Waals surface area (Å²) in [5.41, 5.74) is 2.31. The van der Waals surface area contributed by atoms with Crippen molar-refractivity contribution in [2.45, 2.75) is 26.3 Å². The molecule has 0 unspecified atom stereocenters. The van der Waals surface area contributed by atoms with E-state index in [9.17, 15) is 4.79 Å². The van der Waals surface area contributed by atoms with Crippen LogP contribution in [-0.4, -0.2) is 38.1 Å². The highest BCUT2D eigenvalue weighted by Crippen LogP contribution is 2.16. The number of piperazine rings is 1. The normalized spacial score (nSPS) is 15.6. The fourth-order valence-electron chi connectivity index (χ4n) is 2.31. The minimum Gasteiger partial charge on any atom is -0.369 e. The number of benzene rings is 1. The van der Waals surface area contributed by atoms with Crippen molar-refractivity contribution in [3.63, 3.8) is 0 Å². The molecule has 1 saturated heterocycles. The first-order valence-electron chi connectivity index (χ1n) is 6.99. The molecule has 0 aromatic heterocycles. The van der Waals surface area contributed by atoms with Crippen LogP contribution in [0.2, 0.25) is 0 Å². The van der Waals surface area contributed by atoms with E-state index in [1.165, 1.54) is 5.69 Å². The van der Waals surface area contributed by atoms with Crippen LogP contribution in [0.25, 0.3) is 0 Å². The van der Waals surface area contributed by atoms with Crippen molar-refractivity contribution in [1.82, 2.24) is 10.6 Å². The minimum atomic E-state index is 0.0879. The lowest BCUT2D eigenvalue weighted by atomic mass is 10.1. The summed E-state index contributed by atoms with van der Waals surface area (Å²) >= 11 is 0. The molecule has 1 aromatic rings. The molecule has 1 aromatic carbocycles. The van der Waals surface area contributed by atoms with Gasteiger partial charge in [0.05, 0.1) is 6.42 Å². The zero-order valence-electron chi connectivity index (χ0n) is 11.8. The summed E-state index contributed by atoms with van der Waals surface area (Å²) in [6.45, 7) is 8.13. The SMILES string of the molecule is CC(C)NC(=O)Cc1ccc(N2CCNCC2)cc1. The molecule has 1 aliphatic heterocycles. The van der Waals surface area contributed by atoms with Gasteiger partial charge in [0.2, 0.25) is 5.91 Å². The Kier molecular flexibility index (Phi) is 4.80. The number of amides is 1. The topological polar surface area (TPSA) is 44.4 Å². The van der Waals surface area contributed by atoms with Gasteiger partial charge in [-0.2, -0.15) is 0 Å². The monoisotopic (exact) mass is 261 g/mol. The standard InChI is InChI=1S/C15H23N3O/c1-12(2)17-15(19)11-13-3-5-14(6-4-13)18-9-7-16-8-10-18/h3-6,12,16H,7-11H2,1-2H3,(H,17,19). The largest absolute Gasteiger partial charge is 0.369 e. The van der Waals surface area contributed by atoms with Crippen LogP contribution in [0.15, 0.2) is 24.3 Å². The second-order valence-electron chi connectivity index (χ2n) is 5.30. The van der Waals surface area contributed by atoms with Gasteiger partial charge in [-0.25, -0.2) is 0 Å². The maximum Gasteiger partial charge on any atom is 0.224 e. The molecular formula is C15H23N3O. The number of nitrogens with zero attached hydrogens (tertiary/aromatic N) is 1. The zero-order valence-corrected chi connectivity index (χ0v) is 11.8. The lowest BCUT2D eigenvalue weighted by Gasteiger charge is -2.29. The van der Waals surface area contributed by atoms with Crippen molar-refractivity contribution >= 4 is 11.6 Å². The quantitative estimate of drug-likeness (QED) is 0.855. The first-order chi connectivity index (χ1) is 9.15. The van der Waals surface area contributed by atoms with Crippen LogP contribution in [-0.2, 0) is 11.2 Å². The number of carbonyl (C=O) groups excluding carboxylic acids is 1. The summed E-state index contributed by atoms with van der Waals surface area (Å²) in [5, 5.41) is 6.26. The molecule has 104 valence electrons. The van der Waals surface area contributed by atoms with Crippen LogP contribution < -0.4 is 15.5 Å². The second kappa shape index (κ2) is 6.57. The summed E-state index contributed by atoms with van der Waals surface area (Å²) in [7, 11) is 0. The highest BCUT2D eigenvalue weighted by Gasteiger charge is 2.10. The molecular weight excluding hydrogens is 238 g/mol. The molecule has 19 heavy (non-hydrogen) atoms. The van der Waals surface area contributed by atoms with Gasteiger partial charge < -0.3 is 15.5 Å². The van der Waals surface area contributed by atoms with E-state index in [1.54, 1.807) is 0 Å². The molecule has 0 spiro atoms. The highest BCUT2D eigenvalue weighted by atomic mass is 16.1. The van der Waals surface area contributed by atoms with Crippen molar-refractivity contribution in [3.8, 4) is 0 Å². The van der Waals surface area contributed by atoms with Crippen LogP contribution in [0.3, 0.4) is 0 Å². The molecule has 2 rings (SSSR count).